The van der Waals surface area contributed by atoms with E-state index in [2.05, 4.69) is 11.9 Å². The first-order valence-corrected chi connectivity index (χ1v) is 4.87. The zero-order chi connectivity index (χ0) is 11.8. The minimum atomic E-state index is -0.951. The molecule has 1 amide bonds. The number of carbonyl (C=O) groups excluding carboxylic acids is 1. The summed E-state index contributed by atoms with van der Waals surface area (Å²) in [5, 5.41) is 11.3. The lowest BCUT2D eigenvalue weighted by Crippen LogP contribution is -2.47. The monoisotopic (exact) mass is 214 g/mol. The highest BCUT2D eigenvalue weighted by Gasteiger charge is 2.21. The third-order valence-corrected chi connectivity index (χ3v) is 1.98. The lowest BCUT2D eigenvalue weighted by Gasteiger charge is -2.24. The Hall–Kier alpha value is -1.36. The summed E-state index contributed by atoms with van der Waals surface area (Å²) in [6, 6.07) is -0.459. The van der Waals surface area contributed by atoms with Gasteiger partial charge in [-0.05, 0) is 13.8 Å². The topological polar surface area (TPSA) is 69.6 Å². The van der Waals surface area contributed by atoms with Crippen molar-refractivity contribution in [2.24, 2.45) is 0 Å². The molecule has 0 bridgehead atoms. The molecule has 5 heteroatoms. The summed E-state index contributed by atoms with van der Waals surface area (Å²) in [6.45, 7) is 7.78. The van der Waals surface area contributed by atoms with Gasteiger partial charge in [-0.25, -0.2) is 0 Å². The van der Waals surface area contributed by atoms with E-state index in [9.17, 15) is 9.59 Å². The van der Waals surface area contributed by atoms with Crippen molar-refractivity contribution in [3.63, 3.8) is 0 Å². The number of carbonyl (C=O) groups is 2. The van der Waals surface area contributed by atoms with E-state index >= 15 is 0 Å². The minimum absolute atomic E-state index is 0.162. The van der Waals surface area contributed by atoms with Crippen molar-refractivity contribution in [2.75, 3.05) is 19.6 Å². The van der Waals surface area contributed by atoms with Gasteiger partial charge in [0.25, 0.3) is 0 Å². The largest absolute Gasteiger partial charge is 0.480 e. The molecule has 0 aliphatic rings. The first kappa shape index (κ1) is 13.6. The molecule has 0 saturated heterocycles. The van der Waals surface area contributed by atoms with Gasteiger partial charge in [0.15, 0.2) is 0 Å². The van der Waals surface area contributed by atoms with Crippen LogP contribution in [-0.2, 0) is 9.59 Å². The molecule has 86 valence electrons. The second kappa shape index (κ2) is 7.00. The van der Waals surface area contributed by atoms with Gasteiger partial charge in [-0.2, -0.15) is 0 Å². The van der Waals surface area contributed by atoms with E-state index in [1.165, 1.54) is 0 Å². The Kier molecular flexibility index (Phi) is 6.37. The predicted octanol–water partition coefficient (Wildman–Crippen LogP) is 0.0836. The second-order valence-corrected chi connectivity index (χ2v) is 3.18. The van der Waals surface area contributed by atoms with Crippen LogP contribution in [0.1, 0.15) is 13.8 Å². The molecule has 15 heavy (non-hydrogen) atoms. The molecule has 1 atom stereocenters. The lowest BCUT2D eigenvalue weighted by atomic mass is 10.2. The summed E-state index contributed by atoms with van der Waals surface area (Å²) < 4.78 is 0. The molecule has 1 unspecified atom stereocenters. The first-order valence-electron chi connectivity index (χ1n) is 4.87. The summed E-state index contributed by atoms with van der Waals surface area (Å²) >= 11 is 0. The maximum Gasteiger partial charge on any atom is 0.317 e. The summed E-state index contributed by atoms with van der Waals surface area (Å²) in [5.41, 5.74) is 0. The third kappa shape index (κ3) is 5.17. The molecule has 0 aliphatic heterocycles. The highest BCUT2D eigenvalue weighted by Crippen LogP contribution is 1.99. The van der Waals surface area contributed by atoms with Crippen molar-refractivity contribution in [3.8, 4) is 0 Å². The van der Waals surface area contributed by atoms with Crippen molar-refractivity contribution < 1.29 is 14.7 Å². The van der Waals surface area contributed by atoms with E-state index in [1.807, 2.05) is 6.92 Å². The Balaban J connectivity index is 4.38. The number of likely N-dealkylation sites (N-methyl/N-ethyl adjacent to an activating group) is 1. The van der Waals surface area contributed by atoms with Gasteiger partial charge in [0.1, 0.15) is 0 Å². The molecule has 5 nitrogen and oxygen atoms in total. The molecule has 0 aromatic heterocycles. The van der Waals surface area contributed by atoms with Gasteiger partial charge in [0.05, 0.1) is 12.6 Å². The van der Waals surface area contributed by atoms with E-state index in [0.717, 1.165) is 0 Å². The van der Waals surface area contributed by atoms with Crippen LogP contribution in [0.25, 0.3) is 0 Å². The average molecular weight is 214 g/mol. The number of hydrogen-bond donors (Lipinski definition) is 2. The highest BCUT2D eigenvalue weighted by molar-refractivity contribution is 5.82. The van der Waals surface area contributed by atoms with Crippen molar-refractivity contribution in [1.29, 1.82) is 0 Å². The van der Waals surface area contributed by atoms with Crippen LogP contribution in [0.5, 0.6) is 0 Å². The summed E-state index contributed by atoms with van der Waals surface area (Å²) in [5.74, 6) is -1.12. The van der Waals surface area contributed by atoms with Crippen molar-refractivity contribution >= 4 is 11.9 Å². The van der Waals surface area contributed by atoms with Crippen LogP contribution in [0.2, 0.25) is 0 Å². The van der Waals surface area contributed by atoms with Gasteiger partial charge in [0, 0.05) is 13.1 Å². The minimum Gasteiger partial charge on any atom is -0.480 e. The number of carboxylic acid groups (broad SMARTS) is 1. The van der Waals surface area contributed by atoms with Gasteiger partial charge in [-0.15, -0.1) is 6.58 Å². The molecule has 0 saturated carbocycles. The Morgan fingerprint density at radius 2 is 2.20 bits per heavy atom. The van der Waals surface area contributed by atoms with Crippen molar-refractivity contribution in [2.45, 2.75) is 19.9 Å². The van der Waals surface area contributed by atoms with Gasteiger partial charge in [0.2, 0.25) is 5.91 Å². The predicted molar refractivity (Wildman–Crippen MR) is 57.6 cm³/mol. The zero-order valence-corrected chi connectivity index (χ0v) is 9.19. The number of rotatable bonds is 7. The van der Waals surface area contributed by atoms with Crippen LogP contribution in [-0.4, -0.2) is 47.6 Å². The molecule has 0 rings (SSSR count). The number of hydrogen-bond acceptors (Lipinski definition) is 3. The third-order valence-electron chi connectivity index (χ3n) is 1.98. The molecule has 0 fully saturated rings. The van der Waals surface area contributed by atoms with Crippen LogP contribution in [0.15, 0.2) is 12.7 Å². The van der Waals surface area contributed by atoms with Crippen LogP contribution in [0.4, 0.5) is 0 Å². The standard InChI is InChI=1S/C10H18N2O3/c1-4-6-12(7-9(13)14)8(3)10(15)11-5-2/h4,8H,1,5-7H2,2-3H3,(H,11,15)(H,13,14). The average Bonchev–Trinajstić information content (AvgIpc) is 2.16. The normalized spacial score (nSPS) is 12.2. The Labute approximate surface area is 89.8 Å². The van der Waals surface area contributed by atoms with Gasteiger partial charge >= 0.3 is 5.97 Å². The zero-order valence-electron chi connectivity index (χ0n) is 9.19. The van der Waals surface area contributed by atoms with E-state index in [1.54, 1.807) is 17.9 Å². The number of aliphatic carboxylic acids is 1. The van der Waals surface area contributed by atoms with Crippen LogP contribution in [0, 0.1) is 0 Å². The fraction of sp³-hybridized carbons (Fsp3) is 0.600. The molecule has 0 heterocycles. The molecule has 0 spiro atoms. The maximum absolute atomic E-state index is 11.5. The molecular formula is C10H18N2O3. The number of nitrogens with one attached hydrogen (secondary N) is 1. The number of nitrogens with zero attached hydrogens (tertiary/aromatic N) is 1. The van der Waals surface area contributed by atoms with Crippen molar-refractivity contribution in [3.05, 3.63) is 12.7 Å². The quantitative estimate of drug-likeness (QED) is 0.589. The summed E-state index contributed by atoms with van der Waals surface area (Å²) in [7, 11) is 0. The Morgan fingerprint density at radius 3 is 2.60 bits per heavy atom. The molecule has 0 aromatic rings. The Bertz CT molecular complexity index is 241. The number of carboxylic acids is 1. The van der Waals surface area contributed by atoms with E-state index in [-0.39, 0.29) is 12.5 Å². The lowest BCUT2D eigenvalue weighted by molar-refractivity contribution is -0.139. The Morgan fingerprint density at radius 1 is 1.60 bits per heavy atom. The highest BCUT2D eigenvalue weighted by atomic mass is 16.4. The number of amides is 1. The van der Waals surface area contributed by atoms with E-state index in [4.69, 9.17) is 5.11 Å². The van der Waals surface area contributed by atoms with E-state index < -0.39 is 12.0 Å². The molecule has 0 aliphatic carbocycles. The first-order chi connectivity index (χ1) is 7.02. The summed E-state index contributed by atoms with van der Waals surface area (Å²) in [6.07, 6.45) is 1.58. The van der Waals surface area contributed by atoms with Gasteiger partial charge in [-0.3, -0.25) is 14.5 Å². The van der Waals surface area contributed by atoms with Gasteiger partial charge in [-0.1, -0.05) is 6.08 Å². The molecule has 0 aromatic carbocycles. The maximum atomic E-state index is 11.5. The van der Waals surface area contributed by atoms with Crippen molar-refractivity contribution in [1.82, 2.24) is 10.2 Å². The fourth-order valence-electron chi connectivity index (χ4n) is 1.19. The van der Waals surface area contributed by atoms with Crippen LogP contribution in [0.3, 0.4) is 0 Å². The smallest absolute Gasteiger partial charge is 0.317 e. The SMILES string of the molecule is C=CCN(CC(=O)O)C(C)C(=O)NCC. The molecular weight excluding hydrogens is 196 g/mol. The molecule has 2 N–H and O–H groups in total. The van der Waals surface area contributed by atoms with Crippen LogP contribution < -0.4 is 5.32 Å². The van der Waals surface area contributed by atoms with E-state index in [0.29, 0.717) is 13.1 Å². The molecule has 0 radical (unpaired) electrons. The second-order valence-electron chi connectivity index (χ2n) is 3.18. The fourth-order valence-corrected chi connectivity index (χ4v) is 1.19. The van der Waals surface area contributed by atoms with Crippen LogP contribution >= 0.6 is 0 Å². The summed E-state index contributed by atoms with van der Waals surface area (Å²) in [4.78, 5) is 23.6. The van der Waals surface area contributed by atoms with Gasteiger partial charge < -0.3 is 10.4 Å².